The fourth-order valence-electron chi connectivity index (χ4n) is 2.43. The summed E-state index contributed by atoms with van der Waals surface area (Å²) < 4.78 is 0. The number of nitrogens with zero attached hydrogens (tertiary/aromatic N) is 2. The van der Waals surface area contributed by atoms with Crippen molar-refractivity contribution in [3.05, 3.63) is 54.4 Å². The van der Waals surface area contributed by atoms with Gasteiger partial charge in [0, 0.05) is 36.0 Å². The molecular weight excluding hydrogens is 250 g/mol. The van der Waals surface area contributed by atoms with Crippen LogP contribution in [0.25, 0.3) is 10.9 Å². The van der Waals surface area contributed by atoms with Crippen LogP contribution in [0, 0.1) is 0 Å². The molecule has 1 aromatic carbocycles. The maximum absolute atomic E-state index is 12.0. The van der Waals surface area contributed by atoms with Crippen LogP contribution < -0.4 is 4.90 Å². The quantitative estimate of drug-likeness (QED) is 0.737. The molecule has 0 bridgehead atoms. The number of para-hydroxylation sites is 1. The van der Waals surface area contributed by atoms with Crippen LogP contribution in [0.5, 0.6) is 0 Å². The lowest BCUT2D eigenvalue weighted by atomic mass is 10.1. The molecule has 0 aliphatic carbocycles. The first-order chi connectivity index (χ1) is 9.68. The Morgan fingerprint density at radius 3 is 2.55 bits per heavy atom. The van der Waals surface area contributed by atoms with Crippen LogP contribution in [0.3, 0.4) is 0 Å². The zero-order chi connectivity index (χ0) is 14.1. The minimum atomic E-state index is 0.0540. The maximum Gasteiger partial charge on any atom is 0.164 e. The summed E-state index contributed by atoms with van der Waals surface area (Å²) in [6, 6.07) is 11.7. The second kappa shape index (κ2) is 4.81. The van der Waals surface area contributed by atoms with Crippen LogP contribution in [0.4, 0.5) is 11.5 Å². The minimum Gasteiger partial charge on any atom is -0.341 e. The minimum absolute atomic E-state index is 0.0540. The molecule has 0 spiro atoms. The summed E-state index contributed by atoms with van der Waals surface area (Å²) in [5.74, 6) is 0.864. The topological polar surface area (TPSA) is 49.0 Å². The SMILES string of the molecule is CC(=O)c1c(N(C)c2ccncc2)[nH]c2ccccc12. The fourth-order valence-corrected chi connectivity index (χ4v) is 2.43. The molecule has 0 aliphatic rings. The van der Waals surface area contributed by atoms with Crippen molar-refractivity contribution >= 4 is 28.2 Å². The first-order valence-corrected chi connectivity index (χ1v) is 6.44. The number of benzene rings is 1. The number of nitrogens with one attached hydrogen (secondary N) is 1. The number of pyridine rings is 1. The third kappa shape index (κ3) is 1.95. The Morgan fingerprint density at radius 2 is 1.85 bits per heavy atom. The molecule has 0 aliphatic heterocycles. The Morgan fingerprint density at radius 1 is 1.15 bits per heavy atom. The van der Waals surface area contributed by atoms with Crippen molar-refractivity contribution in [2.24, 2.45) is 0 Å². The van der Waals surface area contributed by atoms with Gasteiger partial charge in [-0.05, 0) is 25.1 Å². The molecule has 0 saturated carbocycles. The van der Waals surface area contributed by atoms with Crippen molar-refractivity contribution in [2.75, 3.05) is 11.9 Å². The second-order valence-corrected chi connectivity index (χ2v) is 4.71. The summed E-state index contributed by atoms with van der Waals surface area (Å²) in [7, 11) is 1.94. The van der Waals surface area contributed by atoms with E-state index in [9.17, 15) is 4.79 Å². The van der Waals surface area contributed by atoms with Crippen LogP contribution in [0.15, 0.2) is 48.8 Å². The highest BCUT2D eigenvalue weighted by atomic mass is 16.1. The number of hydrogen-bond donors (Lipinski definition) is 1. The number of Topliss-reactive ketones (excluding diaryl/α,β-unsaturated/α-hetero) is 1. The smallest absolute Gasteiger partial charge is 0.164 e. The predicted molar refractivity (Wildman–Crippen MR) is 80.6 cm³/mol. The summed E-state index contributed by atoms with van der Waals surface area (Å²) >= 11 is 0. The van der Waals surface area contributed by atoms with Crippen LogP contribution in [-0.2, 0) is 0 Å². The number of carbonyl (C=O) groups excluding carboxylic acids is 1. The van der Waals surface area contributed by atoms with E-state index < -0.39 is 0 Å². The zero-order valence-electron chi connectivity index (χ0n) is 11.4. The molecule has 1 N–H and O–H groups in total. The average molecular weight is 265 g/mol. The largest absolute Gasteiger partial charge is 0.341 e. The highest BCUT2D eigenvalue weighted by molar-refractivity contribution is 6.12. The Hall–Kier alpha value is -2.62. The van der Waals surface area contributed by atoms with E-state index in [0.717, 1.165) is 28.0 Å². The molecule has 2 aromatic heterocycles. The number of fused-ring (bicyclic) bond motifs is 1. The van der Waals surface area contributed by atoms with Gasteiger partial charge >= 0.3 is 0 Å². The molecule has 3 aromatic rings. The van der Waals surface area contributed by atoms with Crippen molar-refractivity contribution in [1.29, 1.82) is 0 Å². The lowest BCUT2D eigenvalue weighted by molar-refractivity contribution is 0.102. The average Bonchev–Trinajstić information content (AvgIpc) is 2.86. The lowest BCUT2D eigenvalue weighted by Gasteiger charge is -2.18. The van der Waals surface area contributed by atoms with Gasteiger partial charge in [-0.3, -0.25) is 9.78 Å². The van der Waals surface area contributed by atoms with Gasteiger partial charge in [0.2, 0.25) is 0 Å². The Labute approximate surface area is 117 Å². The van der Waals surface area contributed by atoms with Gasteiger partial charge in [-0.1, -0.05) is 18.2 Å². The molecule has 0 fully saturated rings. The van der Waals surface area contributed by atoms with E-state index in [2.05, 4.69) is 9.97 Å². The Kier molecular flexibility index (Phi) is 2.99. The molecule has 2 heterocycles. The van der Waals surface area contributed by atoms with Crippen molar-refractivity contribution in [3.63, 3.8) is 0 Å². The molecular formula is C16H15N3O. The molecule has 4 heteroatoms. The zero-order valence-corrected chi connectivity index (χ0v) is 11.4. The van der Waals surface area contributed by atoms with Crippen LogP contribution in [0.1, 0.15) is 17.3 Å². The lowest BCUT2D eigenvalue weighted by Crippen LogP contribution is -2.13. The number of hydrogen-bond acceptors (Lipinski definition) is 3. The van der Waals surface area contributed by atoms with Crippen LogP contribution in [0.2, 0.25) is 0 Å². The van der Waals surface area contributed by atoms with E-state index in [4.69, 9.17) is 0 Å². The second-order valence-electron chi connectivity index (χ2n) is 4.71. The third-order valence-electron chi connectivity index (χ3n) is 3.42. The van der Waals surface area contributed by atoms with Gasteiger partial charge in [0.1, 0.15) is 5.82 Å². The number of ketones is 1. The van der Waals surface area contributed by atoms with Gasteiger partial charge < -0.3 is 9.88 Å². The number of rotatable bonds is 3. The first-order valence-electron chi connectivity index (χ1n) is 6.44. The van der Waals surface area contributed by atoms with Crippen molar-refractivity contribution in [2.45, 2.75) is 6.92 Å². The number of carbonyl (C=O) groups is 1. The predicted octanol–water partition coefficient (Wildman–Crippen LogP) is 3.53. The highest BCUT2D eigenvalue weighted by Gasteiger charge is 2.18. The van der Waals surface area contributed by atoms with Crippen molar-refractivity contribution < 1.29 is 4.79 Å². The van der Waals surface area contributed by atoms with Crippen molar-refractivity contribution in [3.8, 4) is 0 Å². The molecule has 4 nitrogen and oxygen atoms in total. The van der Waals surface area contributed by atoms with E-state index in [1.807, 2.05) is 48.3 Å². The molecule has 100 valence electrons. The number of H-pyrrole nitrogens is 1. The van der Waals surface area contributed by atoms with Gasteiger partial charge in [0.25, 0.3) is 0 Å². The Bertz CT molecular complexity index is 762. The monoisotopic (exact) mass is 265 g/mol. The van der Waals surface area contributed by atoms with Gasteiger partial charge in [-0.2, -0.15) is 0 Å². The summed E-state index contributed by atoms with van der Waals surface area (Å²) in [5.41, 5.74) is 2.67. The van der Waals surface area contributed by atoms with Crippen LogP contribution >= 0.6 is 0 Å². The first kappa shape index (κ1) is 12.4. The standard InChI is InChI=1S/C16H15N3O/c1-11(20)15-13-5-3-4-6-14(13)18-16(15)19(2)12-7-9-17-10-8-12/h3-10,18H,1-2H3. The summed E-state index contributed by atoms with van der Waals surface area (Å²) in [6.07, 6.45) is 3.48. The third-order valence-corrected chi connectivity index (χ3v) is 3.42. The summed E-state index contributed by atoms with van der Waals surface area (Å²) in [6.45, 7) is 1.60. The molecule has 0 radical (unpaired) electrons. The van der Waals surface area contributed by atoms with E-state index >= 15 is 0 Å². The Balaban J connectivity index is 2.21. The van der Waals surface area contributed by atoms with E-state index in [1.54, 1.807) is 19.3 Å². The molecule has 0 saturated heterocycles. The van der Waals surface area contributed by atoms with E-state index in [1.165, 1.54) is 0 Å². The number of aromatic amines is 1. The fraction of sp³-hybridized carbons (Fsp3) is 0.125. The summed E-state index contributed by atoms with van der Waals surface area (Å²) in [4.78, 5) is 21.3. The highest BCUT2D eigenvalue weighted by Crippen LogP contribution is 2.32. The number of aromatic nitrogens is 2. The molecule has 0 unspecified atom stereocenters. The summed E-state index contributed by atoms with van der Waals surface area (Å²) in [5, 5.41) is 0.955. The molecule has 3 rings (SSSR count). The van der Waals surface area contributed by atoms with Crippen LogP contribution in [-0.4, -0.2) is 22.8 Å². The van der Waals surface area contributed by atoms with E-state index in [0.29, 0.717) is 0 Å². The normalized spacial score (nSPS) is 10.7. The van der Waals surface area contributed by atoms with Gasteiger partial charge in [0.05, 0.1) is 5.56 Å². The number of anilines is 2. The van der Waals surface area contributed by atoms with E-state index in [-0.39, 0.29) is 5.78 Å². The van der Waals surface area contributed by atoms with Gasteiger partial charge in [-0.15, -0.1) is 0 Å². The molecule has 0 amide bonds. The maximum atomic E-state index is 12.0. The molecule has 0 atom stereocenters. The van der Waals surface area contributed by atoms with Crippen molar-refractivity contribution in [1.82, 2.24) is 9.97 Å². The molecule has 20 heavy (non-hydrogen) atoms. The van der Waals surface area contributed by atoms with Gasteiger partial charge in [0.15, 0.2) is 5.78 Å². The van der Waals surface area contributed by atoms with Gasteiger partial charge in [-0.25, -0.2) is 0 Å².